The summed E-state index contributed by atoms with van der Waals surface area (Å²) in [5.41, 5.74) is 4.71. The molecule has 1 fully saturated rings. The molecular weight excluding hydrogens is 444 g/mol. The lowest BCUT2D eigenvalue weighted by molar-refractivity contribution is -0.131. The van der Waals surface area contributed by atoms with Gasteiger partial charge in [-0.1, -0.05) is 42.1 Å². The van der Waals surface area contributed by atoms with E-state index in [2.05, 4.69) is 5.10 Å². The Morgan fingerprint density at radius 1 is 1.28 bits per heavy atom. The van der Waals surface area contributed by atoms with E-state index in [-0.39, 0.29) is 23.5 Å². The summed E-state index contributed by atoms with van der Waals surface area (Å²) in [6, 6.07) is 11.7. The van der Waals surface area contributed by atoms with Gasteiger partial charge in [0.2, 0.25) is 5.91 Å². The molecule has 0 spiro atoms. The summed E-state index contributed by atoms with van der Waals surface area (Å²) in [5, 5.41) is 4.92. The molecule has 3 heterocycles. The van der Waals surface area contributed by atoms with Gasteiger partial charge in [0, 0.05) is 18.2 Å². The van der Waals surface area contributed by atoms with Crippen LogP contribution in [0.25, 0.3) is 16.8 Å². The molecule has 1 aliphatic rings. The second-order valence-corrected chi connectivity index (χ2v) is 11.8. The predicted octanol–water partition coefficient (Wildman–Crippen LogP) is 3.53. The molecule has 2 unspecified atom stereocenters. The summed E-state index contributed by atoms with van der Waals surface area (Å²) in [6.07, 6.45) is 0.504. The molecule has 7 nitrogen and oxygen atoms in total. The van der Waals surface area contributed by atoms with Crippen LogP contribution >= 0.6 is 11.8 Å². The Morgan fingerprint density at radius 2 is 2.00 bits per heavy atom. The molecule has 0 saturated carbocycles. The molecule has 170 valence electrons. The first kappa shape index (κ1) is 22.8. The number of carbonyl (C=O) groups is 1. The van der Waals surface area contributed by atoms with E-state index >= 15 is 0 Å². The van der Waals surface area contributed by atoms with Gasteiger partial charge in [-0.2, -0.15) is 5.10 Å². The van der Waals surface area contributed by atoms with Crippen LogP contribution in [0.2, 0.25) is 0 Å². The monoisotopic (exact) mass is 472 g/mol. The van der Waals surface area contributed by atoms with Crippen LogP contribution in [0.1, 0.15) is 31.5 Å². The van der Waals surface area contributed by atoms with Crippen LogP contribution in [-0.2, 0) is 14.6 Å². The average Bonchev–Trinajstić information content (AvgIpc) is 3.29. The lowest BCUT2D eigenvalue weighted by Gasteiger charge is -2.29. The number of amides is 1. The minimum atomic E-state index is -3.06. The van der Waals surface area contributed by atoms with Gasteiger partial charge < -0.3 is 4.90 Å². The number of benzene rings is 1. The highest BCUT2D eigenvalue weighted by atomic mass is 32.2. The van der Waals surface area contributed by atoms with Crippen molar-refractivity contribution in [3.8, 4) is 11.3 Å². The Hall–Kier alpha value is -2.39. The van der Waals surface area contributed by atoms with Crippen LogP contribution in [0.4, 0.5) is 0 Å². The summed E-state index contributed by atoms with van der Waals surface area (Å²) < 4.78 is 25.7. The number of fused-ring (bicyclic) bond motifs is 1. The number of hydrogen-bond donors (Lipinski definition) is 0. The van der Waals surface area contributed by atoms with Crippen molar-refractivity contribution in [2.24, 2.45) is 0 Å². The Balaban J connectivity index is 1.67. The van der Waals surface area contributed by atoms with Gasteiger partial charge in [-0.05, 0) is 45.7 Å². The molecule has 1 saturated heterocycles. The topological polar surface area (TPSA) is 84.6 Å². The van der Waals surface area contributed by atoms with E-state index < -0.39 is 15.1 Å². The second-order valence-electron chi connectivity index (χ2n) is 8.28. The standard InChI is InChI=1S/C23H28N4O3S2/c1-5-26(19-11-12-32(29,30)14-19)22(28)17(4)31-23-24-20(18-9-7-6-8-10-18)21-15(2)13-16(3)25-27(21)23/h6-10,13,17,19H,5,11-12,14H2,1-4H3. The van der Waals surface area contributed by atoms with Crippen molar-refractivity contribution in [2.75, 3.05) is 18.1 Å². The minimum absolute atomic E-state index is 0.0500. The molecule has 1 aliphatic heterocycles. The molecule has 32 heavy (non-hydrogen) atoms. The SMILES string of the molecule is CCN(C(=O)C(C)Sc1nc(-c2ccccc2)c2c(C)cc(C)nn12)C1CCS(=O)(=O)C1. The molecule has 4 rings (SSSR count). The van der Waals surface area contributed by atoms with E-state index in [4.69, 9.17) is 4.98 Å². The van der Waals surface area contributed by atoms with Gasteiger partial charge in [0.15, 0.2) is 15.0 Å². The van der Waals surface area contributed by atoms with E-state index in [1.807, 2.05) is 68.6 Å². The molecular formula is C23H28N4O3S2. The van der Waals surface area contributed by atoms with Crippen molar-refractivity contribution in [2.45, 2.75) is 50.6 Å². The highest BCUT2D eigenvalue weighted by Gasteiger charge is 2.36. The fourth-order valence-electron chi connectivity index (χ4n) is 4.34. The number of carbonyl (C=O) groups excluding carboxylic acids is 1. The molecule has 3 aromatic rings. The summed E-state index contributed by atoms with van der Waals surface area (Å²) in [5.74, 6) is 0.132. The number of thioether (sulfide) groups is 1. The van der Waals surface area contributed by atoms with E-state index in [9.17, 15) is 13.2 Å². The highest BCUT2D eigenvalue weighted by Crippen LogP contribution is 2.33. The van der Waals surface area contributed by atoms with Crippen LogP contribution in [0.5, 0.6) is 0 Å². The quantitative estimate of drug-likeness (QED) is 0.510. The largest absolute Gasteiger partial charge is 0.338 e. The maximum atomic E-state index is 13.3. The first-order valence-electron chi connectivity index (χ1n) is 10.8. The lowest BCUT2D eigenvalue weighted by Crippen LogP contribution is -2.44. The Morgan fingerprint density at radius 3 is 2.62 bits per heavy atom. The van der Waals surface area contributed by atoms with Gasteiger partial charge in [-0.25, -0.2) is 17.9 Å². The number of rotatable bonds is 6. The molecule has 2 aromatic heterocycles. The van der Waals surface area contributed by atoms with Crippen molar-refractivity contribution in [1.29, 1.82) is 0 Å². The van der Waals surface area contributed by atoms with Crippen LogP contribution < -0.4 is 0 Å². The van der Waals surface area contributed by atoms with Gasteiger partial charge in [0.1, 0.15) is 0 Å². The van der Waals surface area contributed by atoms with Gasteiger partial charge in [-0.3, -0.25) is 4.79 Å². The fraction of sp³-hybridized carbons (Fsp3) is 0.435. The number of aryl methyl sites for hydroxylation is 2. The molecule has 0 radical (unpaired) electrons. The number of aromatic nitrogens is 3. The molecule has 0 bridgehead atoms. The molecule has 0 N–H and O–H groups in total. The molecule has 9 heteroatoms. The molecule has 1 amide bonds. The maximum absolute atomic E-state index is 13.3. The van der Waals surface area contributed by atoms with Gasteiger partial charge >= 0.3 is 0 Å². The maximum Gasteiger partial charge on any atom is 0.236 e. The minimum Gasteiger partial charge on any atom is -0.338 e. The molecule has 1 aromatic carbocycles. The average molecular weight is 473 g/mol. The zero-order valence-corrected chi connectivity index (χ0v) is 20.4. The van der Waals surface area contributed by atoms with E-state index in [0.717, 1.165) is 28.0 Å². The fourth-order valence-corrected chi connectivity index (χ4v) is 7.00. The normalized spacial score (nSPS) is 18.7. The van der Waals surface area contributed by atoms with Gasteiger partial charge in [0.05, 0.1) is 33.7 Å². The van der Waals surface area contributed by atoms with Crippen molar-refractivity contribution in [3.05, 3.63) is 47.7 Å². The predicted molar refractivity (Wildman–Crippen MR) is 128 cm³/mol. The van der Waals surface area contributed by atoms with E-state index in [1.54, 1.807) is 4.90 Å². The highest BCUT2D eigenvalue weighted by molar-refractivity contribution is 8.00. The van der Waals surface area contributed by atoms with Gasteiger partial charge in [-0.15, -0.1) is 0 Å². The first-order valence-corrected chi connectivity index (χ1v) is 13.5. The first-order chi connectivity index (χ1) is 15.2. The zero-order valence-electron chi connectivity index (χ0n) is 18.8. The van der Waals surface area contributed by atoms with Crippen LogP contribution in [-0.4, -0.2) is 63.2 Å². The number of hydrogen-bond acceptors (Lipinski definition) is 6. The molecule has 2 atom stereocenters. The Bertz CT molecular complexity index is 1260. The Kier molecular flexibility index (Phi) is 6.31. The summed E-state index contributed by atoms with van der Waals surface area (Å²) in [4.78, 5) is 19.9. The van der Waals surface area contributed by atoms with Crippen LogP contribution in [0.3, 0.4) is 0 Å². The number of imidazole rings is 1. The van der Waals surface area contributed by atoms with E-state index in [0.29, 0.717) is 18.1 Å². The summed E-state index contributed by atoms with van der Waals surface area (Å²) in [7, 11) is -3.06. The third-order valence-corrected chi connectivity index (χ3v) is 8.61. The smallest absolute Gasteiger partial charge is 0.236 e. The van der Waals surface area contributed by atoms with Crippen molar-refractivity contribution >= 4 is 33.0 Å². The number of sulfone groups is 1. The third-order valence-electron chi connectivity index (χ3n) is 5.83. The van der Waals surface area contributed by atoms with Crippen LogP contribution in [0.15, 0.2) is 41.6 Å². The second kappa shape index (κ2) is 8.86. The third kappa shape index (κ3) is 4.41. The van der Waals surface area contributed by atoms with Gasteiger partial charge in [0.25, 0.3) is 0 Å². The van der Waals surface area contributed by atoms with Crippen LogP contribution in [0, 0.1) is 13.8 Å². The zero-order chi connectivity index (χ0) is 23.0. The van der Waals surface area contributed by atoms with Crippen molar-refractivity contribution in [1.82, 2.24) is 19.5 Å². The summed E-state index contributed by atoms with van der Waals surface area (Å²) >= 11 is 1.37. The van der Waals surface area contributed by atoms with Crippen molar-refractivity contribution < 1.29 is 13.2 Å². The van der Waals surface area contributed by atoms with Crippen molar-refractivity contribution in [3.63, 3.8) is 0 Å². The molecule has 0 aliphatic carbocycles. The lowest BCUT2D eigenvalue weighted by atomic mass is 10.1. The number of nitrogens with zero attached hydrogens (tertiary/aromatic N) is 4. The summed E-state index contributed by atoms with van der Waals surface area (Å²) in [6.45, 7) is 8.22. The van der Waals surface area contributed by atoms with E-state index in [1.165, 1.54) is 11.8 Å². The Labute approximate surface area is 193 Å².